The van der Waals surface area contributed by atoms with Gasteiger partial charge in [-0.2, -0.15) is 0 Å². The van der Waals surface area contributed by atoms with Crippen molar-refractivity contribution in [3.05, 3.63) is 0 Å². The molecule has 0 aromatic rings. The third-order valence-electron chi connectivity index (χ3n) is 2.92. The number of nitrogens with one attached hydrogen (secondary N) is 2. The molecule has 0 aliphatic carbocycles. The number of amides is 3. The number of carbonyl (C=O) groups excluding carboxylic acids is 2. The van der Waals surface area contributed by atoms with Crippen molar-refractivity contribution in [2.75, 3.05) is 39.9 Å². The van der Waals surface area contributed by atoms with E-state index in [0.717, 1.165) is 25.9 Å². The molecule has 0 radical (unpaired) electrons. The SMILES string of the molecule is COCCNC(=O)CNC(=O)N1CCCCCC1. The molecule has 0 aromatic carbocycles. The number of rotatable bonds is 5. The van der Waals surface area contributed by atoms with E-state index < -0.39 is 0 Å². The summed E-state index contributed by atoms with van der Waals surface area (Å²) in [6.45, 7) is 2.55. The van der Waals surface area contributed by atoms with Crippen LogP contribution in [0.15, 0.2) is 0 Å². The van der Waals surface area contributed by atoms with E-state index in [1.807, 2.05) is 0 Å². The van der Waals surface area contributed by atoms with Gasteiger partial charge in [-0.1, -0.05) is 12.8 Å². The van der Waals surface area contributed by atoms with Crippen molar-refractivity contribution < 1.29 is 14.3 Å². The molecule has 0 unspecified atom stereocenters. The van der Waals surface area contributed by atoms with Crippen LogP contribution in [0.1, 0.15) is 25.7 Å². The molecular formula is C12H23N3O3. The Kier molecular flexibility index (Phi) is 7.17. The zero-order valence-electron chi connectivity index (χ0n) is 11.0. The first-order valence-electron chi connectivity index (χ1n) is 6.52. The number of nitrogens with zero attached hydrogens (tertiary/aromatic N) is 1. The minimum Gasteiger partial charge on any atom is -0.383 e. The fraction of sp³-hybridized carbons (Fsp3) is 0.833. The fourth-order valence-corrected chi connectivity index (χ4v) is 1.90. The molecule has 104 valence electrons. The van der Waals surface area contributed by atoms with Crippen molar-refractivity contribution in [3.8, 4) is 0 Å². The van der Waals surface area contributed by atoms with E-state index in [1.165, 1.54) is 12.8 Å². The zero-order chi connectivity index (χ0) is 13.2. The summed E-state index contributed by atoms with van der Waals surface area (Å²) >= 11 is 0. The van der Waals surface area contributed by atoms with E-state index in [9.17, 15) is 9.59 Å². The van der Waals surface area contributed by atoms with Crippen LogP contribution in [0.3, 0.4) is 0 Å². The van der Waals surface area contributed by atoms with Crippen LogP contribution in [0, 0.1) is 0 Å². The Morgan fingerprint density at radius 1 is 1.11 bits per heavy atom. The lowest BCUT2D eigenvalue weighted by atomic mass is 10.2. The summed E-state index contributed by atoms with van der Waals surface area (Å²) in [6.07, 6.45) is 4.46. The van der Waals surface area contributed by atoms with Crippen LogP contribution in [0.2, 0.25) is 0 Å². The number of urea groups is 1. The first-order chi connectivity index (χ1) is 8.74. The van der Waals surface area contributed by atoms with Gasteiger partial charge in [0.1, 0.15) is 0 Å². The Hall–Kier alpha value is -1.30. The predicted octanol–water partition coefficient (Wildman–Crippen LogP) is 0.335. The molecule has 6 nitrogen and oxygen atoms in total. The Morgan fingerprint density at radius 2 is 1.78 bits per heavy atom. The Balaban J connectivity index is 2.16. The second kappa shape index (κ2) is 8.74. The van der Waals surface area contributed by atoms with Crippen LogP contribution in [0.4, 0.5) is 4.79 Å². The first-order valence-corrected chi connectivity index (χ1v) is 6.52. The predicted molar refractivity (Wildman–Crippen MR) is 68.3 cm³/mol. The van der Waals surface area contributed by atoms with Crippen LogP contribution in [0.25, 0.3) is 0 Å². The lowest BCUT2D eigenvalue weighted by molar-refractivity contribution is -0.120. The molecule has 0 spiro atoms. The van der Waals surface area contributed by atoms with Gasteiger partial charge in [0.05, 0.1) is 13.2 Å². The fourth-order valence-electron chi connectivity index (χ4n) is 1.90. The van der Waals surface area contributed by atoms with Crippen molar-refractivity contribution in [3.63, 3.8) is 0 Å². The van der Waals surface area contributed by atoms with Gasteiger partial charge in [0.15, 0.2) is 0 Å². The van der Waals surface area contributed by atoms with Gasteiger partial charge >= 0.3 is 6.03 Å². The van der Waals surface area contributed by atoms with Crippen molar-refractivity contribution in [1.29, 1.82) is 0 Å². The first kappa shape index (κ1) is 14.8. The molecule has 1 heterocycles. The second-order valence-corrected chi connectivity index (χ2v) is 4.40. The van der Waals surface area contributed by atoms with Crippen LogP contribution < -0.4 is 10.6 Å². The van der Waals surface area contributed by atoms with Gasteiger partial charge in [-0.05, 0) is 12.8 Å². The van der Waals surface area contributed by atoms with Crippen LogP contribution >= 0.6 is 0 Å². The number of hydrogen-bond acceptors (Lipinski definition) is 3. The molecule has 1 rings (SSSR count). The molecular weight excluding hydrogens is 234 g/mol. The van der Waals surface area contributed by atoms with Crippen LogP contribution in [-0.2, 0) is 9.53 Å². The average Bonchev–Trinajstić information content (AvgIpc) is 2.65. The topological polar surface area (TPSA) is 70.7 Å². The van der Waals surface area contributed by atoms with Crippen LogP contribution in [0.5, 0.6) is 0 Å². The summed E-state index contributed by atoms with van der Waals surface area (Å²) in [5.74, 6) is -0.185. The van der Waals surface area contributed by atoms with Crippen molar-refractivity contribution >= 4 is 11.9 Å². The molecule has 1 aliphatic heterocycles. The molecule has 0 saturated carbocycles. The molecule has 1 saturated heterocycles. The summed E-state index contributed by atoms with van der Waals surface area (Å²) in [6, 6.07) is -0.140. The van der Waals surface area contributed by atoms with E-state index in [1.54, 1.807) is 12.0 Å². The van der Waals surface area contributed by atoms with Crippen LogP contribution in [-0.4, -0.2) is 56.7 Å². The van der Waals surface area contributed by atoms with Crippen molar-refractivity contribution in [1.82, 2.24) is 15.5 Å². The quantitative estimate of drug-likeness (QED) is 0.697. The summed E-state index contributed by atoms with van der Waals surface area (Å²) in [5.41, 5.74) is 0. The summed E-state index contributed by atoms with van der Waals surface area (Å²) in [4.78, 5) is 25.0. The number of ether oxygens (including phenoxy) is 1. The zero-order valence-corrected chi connectivity index (χ0v) is 11.0. The number of carbonyl (C=O) groups is 2. The van der Waals surface area contributed by atoms with E-state index in [4.69, 9.17) is 4.74 Å². The monoisotopic (exact) mass is 257 g/mol. The minimum atomic E-state index is -0.185. The molecule has 1 aliphatic rings. The lowest BCUT2D eigenvalue weighted by Gasteiger charge is -2.20. The highest BCUT2D eigenvalue weighted by Gasteiger charge is 2.15. The molecule has 0 aromatic heterocycles. The maximum absolute atomic E-state index is 11.8. The lowest BCUT2D eigenvalue weighted by Crippen LogP contribution is -2.45. The normalized spacial score (nSPS) is 15.9. The molecule has 0 atom stereocenters. The molecule has 0 bridgehead atoms. The van der Waals surface area contributed by atoms with Gasteiger partial charge in [0, 0.05) is 26.7 Å². The molecule has 1 fully saturated rings. The summed E-state index contributed by atoms with van der Waals surface area (Å²) in [7, 11) is 1.58. The molecule has 6 heteroatoms. The largest absolute Gasteiger partial charge is 0.383 e. The maximum atomic E-state index is 11.8. The van der Waals surface area contributed by atoms with Gasteiger partial charge in [-0.3, -0.25) is 4.79 Å². The number of methoxy groups -OCH3 is 1. The van der Waals surface area contributed by atoms with E-state index in [0.29, 0.717) is 13.2 Å². The Labute approximate surface area is 108 Å². The summed E-state index contributed by atoms with van der Waals surface area (Å²) in [5, 5.41) is 5.30. The van der Waals surface area contributed by atoms with Gasteiger partial charge < -0.3 is 20.3 Å². The highest BCUT2D eigenvalue weighted by atomic mass is 16.5. The van der Waals surface area contributed by atoms with Gasteiger partial charge in [-0.15, -0.1) is 0 Å². The maximum Gasteiger partial charge on any atom is 0.317 e. The second-order valence-electron chi connectivity index (χ2n) is 4.40. The van der Waals surface area contributed by atoms with Crippen molar-refractivity contribution in [2.45, 2.75) is 25.7 Å². The van der Waals surface area contributed by atoms with E-state index >= 15 is 0 Å². The molecule has 2 N–H and O–H groups in total. The van der Waals surface area contributed by atoms with E-state index in [2.05, 4.69) is 10.6 Å². The number of hydrogen-bond donors (Lipinski definition) is 2. The number of likely N-dealkylation sites (tertiary alicyclic amines) is 1. The highest BCUT2D eigenvalue weighted by Crippen LogP contribution is 2.09. The van der Waals surface area contributed by atoms with E-state index in [-0.39, 0.29) is 18.5 Å². The average molecular weight is 257 g/mol. The van der Waals surface area contributed by atoms with Crippen molar-refractivity contribution in [2.24, 2.45) is 0 Å². The third kappa shape index (κ3) is 5.86. The third-order valence-corrected chi connectivity index (χ3v) is 2.92. The molecule has 18 heavy (non-hydrogen) atoms. The summed E-state index contributed by atoms with van der Waals surface area (Å²) < 4.78 is 4.82. The van der Waals surface area contributed by atoms with Gasteiger partial charge in [0.2, 0.25) is 5.91 Å². The minimum absolute atomic E-state index is 0.0268. The molecule has 3 amide bonds. The van der Waals surface area contributed by atoms with Gasteiger partial charge in [-0.25, -0.2) is 4.79 Å². The smallest absolute Gasteiger partial charge is 0.317 e. The Morgan fingerprint density at radius 3 is 2.39 bits per heavy atom. The standard InChI is InChI=1S/C12H23N3O3/c1-18-9-6-13-11(16)10-14-12(17)15-7-4-2-3-5-8-15/h2-10H2,1H3,(H,13,16)(H,14,17). The Bertz CT molecular complexity index is 263. The van der Waals surface area contributed by atoms with Gasteiger partial charge in [0.25, 0.3) is 0 Å². The highest BCUT2D eigenvalue weighted by molar-refractivity contribution is 5.83.